The van der Waals surface area contributed by atoms with Crippen molar-refractivity contribution in [3.63, 3.8) is 0 Å². The Morgan fingerprint density at radius 3 is 2.90 bits per heavy atom. The van der Waals surface area contributed by atoms with E-state index in [4.69, 9.17) is 16.7 Å². The van der Waals surface area contributed by atoms with Crippen LogP contribution in [0.2, 0.25) is 4.34 Å². The lowest BCUT2D eigenvalue weighted by molar-refractivity contribution is -0.143. The Labute approximate surface area is 126 Å². The summed E-state index contributed by atoms with van der Waals surface area (Å²) in [4.78, 5) is 27.6. The number of urea groups is 1. The minimum atomic E-state index is -0.824. The van der Waals surface area contributed by atoms with Gasteiger partial charge in [0.1, 0.15) is 0 Å². The summed E-state index contributed by atoms with van der Waals surface area (Å²) in [6.45, 7) is 1.41. The van der Waals surface area contributed by atoms with Gasteiger partial charge in [0.25, 0.3) is 0 Å². The van der Waals surface area contributed by atoms with Crippen LogP contribution in [0, 0.1) is 5.92 Å². The van der Waals surface area contributed by atoms with Crippen molar-refractivity contribution < 1.29 is 14.7 Å². The number of hydrogen-bond acceptors (Lipinski definition) is 3. The normalized spacial score (nSPS) is 18.9. The van der Waals surface area contributed by atoms with E-state index < -0.39 is 11.9 Å². The van der Waals surface area contributed by atoms with E-state index in [1.165, 1.54) is 11.3 Å². The van der Waals surface area contributed by atoms with Crippen LogP contribution >= 0.6 is 22.9 Å². The van der Waals surface area contributed by atoms with Crippen LogP contribution in [0.3, 0.4) is 0 Å². The molecule has 1 atom stereocenters. The predicted octanol–water partition coefficient (Wildman–Crippen LogP) is 2.75. The van der Waals surface area contributed by atoms with Gasteiger partial charge in [-0.1, -0.05) is 11.6 Å². The van der Waals surface area contributed by atoms with Gasteiger partial charge >= 0.3 is 12.0 Å². The Hall–Kier alpha value is -1.27. The Morgan fingerprint density at radius 1 is 1.55 bits per heavy atom. The van der Waals surface area contributed by atoms with Crippen molar-refractivity contribution in [2.24, 2.45) is 5.92 Å². The Morgan fingerprint density at radius 2 is 2.30 bits per heavy atom. The van der Waals surface area contributed by atoms with Crippen molar-refractivity contribution in [3.05, 3.63) is 21.3 Å². The highest BCUT2D eigenvalue weighted by molar-refractivity contribution is 7.16. The van der Waals surface area contributed by atoms with Crippen molar-refractivity contribution >= 4 is 34.9 Å². The molecule has 0 radical (unpaired) electrons. The lowest BCUT2D eigenvalue weighted by Gasteiger charge is -2.33. The van der Waals surface area contributed by atoms with Gasteiger partial charge in [-0.2, -0.15) is 0 Å². The fourth-order valence-corrected chi connectivity index (χ4v) is 3.47. The smallest absolute Gasteiger partial charge is 0.320 e. The lowest BCUT2D eigenvalue weighted by Crippen LogP contribution is -2.47. The number of likely N-dealkylation sites (tertiary alicyclic amines) is 1. The highest BCUT2D eigenvalue weighted by atomic mass is 35.5. The molecular formula is C13H17ClN2O3S. The van der Waals surface area contributed by atoms with E-state index >= 15 is 0 Å². The Balaban J connectivity index is 1.94. The third-order valence-electron chi connectivity index (χ3n) is 3.39. The van der Waals surface area contributed by atoms with Crippen molar-refractivity contribution in [2.75, 3.05) is 20.1 Å². The van der Waals surface area contributed by atoms with Crippen LogP contribution in [0.25, 0.3) is 0 Å². The van der Waals surface area contributed by atoms with Gasteiger partial charge in [-0.05, 0) is 25.0 Å². The molecule has 1 fully saturated rings. The number of halogens is 1. The van der Waals surface area contributed by atoms with Crippen LogP contribution in [0.15, 0.2) is 12.1 Å². The summed E-state index contributed by atoms with van der Waals surface area (Å²) >= 11 is 7.31. The average Bonchev–Trinajstić information content (AvgIpc) is 2.83. The molecule has 0 saturated carbocycles. The molecule has 0 spiro atoms. The van der Waals surface area contributed by atoms with Gasteiger partial charge < -0.3 is 14.9 Å². The van der Waals surface area contributed by atoms with Gasteiger partial charge in [-0.25, -0.2) is 4.79 Å². The minimum Gasteiger partial charge on any atom is -0.481 e. The number of aliphatic carboxylic acids is 1. The molecular weight excluding hydrogens is 300 g/mol. The summed E-state index contributed by atoms with van der Waals surface area (Å²) in [5, 5.41) is 9.05. The van der Waals surface area contributed by atoms with Gasteiger partial charge in [0, 0.05) is 25.0 Å². The van der Waals surface area contributed by atoms with Gasteiger partial charge in [-0.3, -0.25) is 4.79 Å². The molecule has 0 unspecified atom stereocenters. The van der Waals surface area contributed by atoms with E-state index in [2.05, 4.69) is 0 Å². The summed E-state index contributed by atoms with van der Waals surface area (Å²) in [6.07, 6.45) is 1.38. The lowest BCUT2D eigenvalue weighted by atomic mass is 9.99. The van der Waals surface area contributed by atoms with E-state index in [0.717, 1.165) is 11.3 Å². The number of rotatable bonds is 3. The summed E-state index contributed by atoms with van der Waals surface area (Å²) < 4.78 is 0.699. The standard InChI is InChI=1S/C13H17ClN2O3S/c1-15(8-10-4-5-11(14)20-10)13(19)16-6-2-3-9(7-16)12(17)18/h4-5,9H,2-3,6-8H2,1H3,(H,17,18)/t9-/m0/s1. The van der Waals surface area contributed by atoms with Gasteiger partial charge in [-0.15, -0.1) is 11.3 Å². The molecule has 0 bridgehead atoms. The fraction of sp³-hybridized carbons (Fsp3) is 0.538. The molecule has 1 aliphatic heterocycles. The number of piperidine rings is 1. The zero-order valence-electron chi connectivity index (χ0n) is 11.2. The molecule has 2 heterocycles. The Kier molecular flexibility index (Phi) is 4.88. The molecule has 1 N–H and O–H groups in total. The van der Waals surface area contributed by atoms with Crippen LogP contribution < -0.4 is 0 Å². The van der Waals surface area contributed by atoms with Crippen molar-refractivity contribution in [2.45, 2.75) is 19.4 Å². The number of thiophene rings is 1. The molecule has 0 aliphatic carbocycles. The van der Waals surface area contributed by atoms with Crippen LogP contribution in [0.5, 0.6) is 0 Å². The van der Waals surface area contributed by atoms with E-state index in [0.29, 0.717) is 30.4 Å². The maximum atomic E-state index is 12.3. The summed E-state index contributed by atoms with van der Waals surface area (Å²) in [5.74, 6) is -1.27. The van der Waals surface area contributed by atoms with Crippen LogP contribution in [-0.4, -0.2) is 47.0 Å². The second-order valence-corrected chi connectivity index (χ2v) is 6.77. The zero-order chi connectivity index (χ0) is 14.7. The topological polar surface area (TPSA) is 60.9 Å². The number of amides is 2. The molecule has 110 valence electrons. The maximum Gasteiger partial charge on any atom is 0.320 e. The van der Waals surface area contributed by atoms with Crippen LogP contribution in [-0.2, 0) is 11.3 Å². The highest BCUT2D eigenvalue weighted by Gasteiger charge is 2.29. The van der Waals surface area contributed by atoms with E-state index in [-0.39, 0.29) is 6.03 Å². The quantitative estimate of drug-likeness (QED) is 0.932. The maximum absolute atomic E-state index is 12.3. The van der Waals surface area contributed by atoms with E-state index in [1.54, 1.807) is 22.9 Å². The number of carboxylic acid groups (broad SMARTS) is 1. The summed E-state index contributed by atoms with van der Waals surface area (Å²) in [5.41, 5.74) is 0. The first-order chi connectivity index (χ1) is 9.47. The van der Waals surface area contributed by atoms with Crippen molar-refractivity contribution in [3.8, 4) is 0 Å². The van der Waals surface area contributed by atoms with Crippen LogP contribution in [0.1, 0.15) is 17.7 Å². The first-order valence-corrected chi connectivity index (χ1v) is 7.64. The van der Waals surface area contributed by atoms with Gasteiger partial charge in [0.15, 0.2) is 0 Å². The second-order valence-electron chi connectivity index (χ2n) is 4.97. The number of hydrogen-bond donors (Lipinski definition) is 1. The number of nitrogens with zero attached hydrogens (tertiary/aromatic N) is 2. The molecule has 20 heavy (non-hydrogen) atoms. The predicted molar refractivity (Wildman–Crippen MR) is 78.1 cm³/mol. The first kappa shape index (κ1) is 15.1. The van der Waals surface area contributed by atoms with E-state index in [9.17, 15) is 9.59 Å². The monoisotopic (exact) mass is 316 g/mol. The number of carboxylic acids is 1. The molecule has 2 amide bonds. The number of carbonyl (C=O) groups excluding carboxylic acids is 1. The molecule has 5 nitrogen and oxygen atoms in total. The average molecular weight is 317 g/mol. The molecule has 2 rings (SSSR count). The van der Waals surface area contributed by atoms with Crippen LogP contribution in [0.4, 0.5) is 4.79 Å². The molecule has 1 saturated heterocycles. The third-order valence-corrected chi connectivity index (χ3v) is 4.61. The number of carbonyl (C=O) groups is 2. The molecule has 1 aliphatic rings. The largest absolute Gasteiger partial charge is 0.481 e. The zero-order valence-corrected chi connectivity index (χ0v) is 12.8. The molecule has 1 aromatic heterocycles. The minimum absolute atomic E-state index is 0.125. The summed E-state index contributed by atoms with van der Waals surface area (Å²) in [7, 11) is 1.72. The second kappa shape index (κ2) is 6.45. The fourth-order valence-electron chi connectivity index (χ4n) is 2.33. The van der Waals surface area contributed by atoms with Crippen molar-refractivity contribution in [1.82, 2.24) is 9.80 Å². The highest BCUT2D eigenvalue weighted by Crippen LogP contribution is 2.23. The molecule has 0 aromatic carbocycles. The summed E-state index contributed by atoms with van der Waals surface area (Å²) in [6, 6.07) is 3.58. The Bertz CT molecular complexity index is 506. The van der Waals surface area contributed by atoms with E-state index in [1.807, 2.05) is 6.07 Å². The van der Waals surface area contributed by atoms with Gasteiger partial charge in [0.2, 0.25) is 0 Å². The SMILES string of the molecule is CN(Cc1ccc(Cl)s1)C(=O)N1CCC[C@H](C(=O)O)C1. The van der Waals surface area contributed by atoms with Crippen molar-refractivity contribution in [1.29, 1.82) is 0 Å². The molecule has 1 aromatic rings. The third kappa shape index (κ3) is 3.64. The molecule has 7 heteroatoms. The first-order valence-electron chi connectivity index (χ1n) is 6.44. The van der Waals surface area contributed by atoms with Gasteiger partial charge in [0.05, 0.1) is 16.8 Å².